The number of aliphatic hydroxyl groups is 1. The standard InChI is InChI=1S/C19H23N3O4/c1-19(2,24)11-10-14-8-9-15(25-14)18(23)22(3)12-16-20-17(26-21-16)13-6-4-5-7-13/h8-9,13,24H,4-7,12H2,1-3H3. The summed E-state index contributed by atoms with van der Waals surface area (Å²) in [6, 6.07) is 3.17. The largest absolute Gasteiger partial charge is 0.443 e. The van der Waals surface area contributed by atoms with Crippen LogP contribution in [0.3, 0.4) is 0 Å². The van der Waals surface area contributed by atoms with Crippen molar-refractivity contribution in [1.29, 1.82) is 0 Å². The molecule has 0 aromatic carbocycles. The first-order valence-corrected chi connectivity index (χ1v) is 8.75. The summed E-state index contributed by atoms with van der Waals surface area (Å²) in [5.74, 6) is 7.05. The number of nitrogens with zero attached hydrogens (tertiary/aromatic N) is 3. The maximum absolute atomic E-state index is 12.5. The lowest BCUT2D eigenvalue weighted by Crippen LogP contribution is -2.26. The van der Waals surface area contributed by atoms with Gasteiger partial charge in [0.05, 0.1) is 6.54 Å². The van der Waals surface area contributed by atoms with Crippen molar-refractivity contribution in [2.75, 3.05) is 7.05 Å². The van der Waals surface area contributed by atoms with E-state index in [1.807, 2.05) is 0 Å². The molecule has 2 aromatic heterocycles. The fraction of sp³-hybridized carbons (Fsp3) is 0.526. The Morgan fingerprint density at radius 1 is 1.38 bits per heavy atom. The van der Waals surface area contributed by atoms with Gasteiger partial charge in [-0.25, -0.2) is 0 Å². The highest BCUT2D eigenvalue weighted by atomic mass is 16.5. The maximum Gasteiger partial charge on any atom is 0.289 e. The molecule has 1 fully saturated rings. The van der Waals surface area contributed by atoms with E-state index in [9.17, 15) is 9.90 Å². The van der Waals surface area contributed by atoms with Crippen LogP contribution in [0.5, 0.6) is 0 Å². The van der Waals surface area contributed by atoms with Crippen molar-refractivity contribution in [3.63, 3.8) is 0 Å². The molecule has 1 amide bonds. The van der Waals surface area contributed by atoms with Gasteiger partial charge in [0.1, 0.15) is 5.60 Å². The summed E-state index contributed by atoms with van der Waals surface area (Å²) in [7, 11) is 1.65. The van der Waals surface area contributed by atoms with Gasteiger partial charge < -0.3 is 18.9 Å². The van der Waals surface area contributed by atoms with Crippen molar-refractivity contribution >= 4 is 5.91 Å². The van der Waals surface area contributed by atoms with Gasteiger partial charge in [0.15, 0.2) is 17.3 Å². The molecule has 1 aliphatic rings. The number of carbonyl (C=O) groups excluding carboxylic acids is 1. The van der Waals surface area contributed by atoms with Crippen LogP contribution in [-0.2, 0) is 6.54 Å². The number of hydrogen-bond acceptors (Lipinski definition) is 6. The molecule has 1 N–H and O–H groups in total. The van der Waals surface area contributed by atoms with Crippen molar-refractivity contribution in [2.45, 2.75) is 57.6 Å². The third-order valence-electron chi connectivity index (χ3n) is 4.22. The van der Waals surface area contributed by atoms with E-state index >= 15 is 0 Å². The molecule has 0 spiro atoms. The zero-order chi connectivity index (χ0) is 18.7. The number of amides is 1. The Bertz CT molecular complexity index is 829. The van der Waals surface area contributed by atoms with E-state index in [-0.39, 0.29) is 18.2 Å². The molecule has 0 unspecified atom stereocenters. The van der Waals surface area contributed by atoms with E-state index in [0.29, 0.717) is 23.4 Å². The average Bonchev–Trinajstić information content (AvgIpc) is 3.32. The molecule has 3 rings (SSSR count). The SMILES string of the molecule is CN(Cc1noc(C2CCCC2)n1)C(=O)c1ccc(C#CC(C)(C)O)o1. The Labute approximate surface area is 152 Å². The van der Waals surface area contributed by atoms with Gasteiger partial charge in [-0.1, -0.05) is 23.9 Å². The monoisotopic (exact) mass is 357 g/mol. The zero-order valence-electron chi connectivity index (χ0n) is 15.3. The molecule has 0 saturated heterocycles. The molecular weight excluding hydrogens is 334 g/mol. The lowest BCUT2D eigenvalue weighted by atomic mass is 10.1. The molecular formula is C19H23N3O4. The van der Waals surface area contributed by atoms with Gasteiger partial charge in [-0.15, -0.1) is 0 Å². The summed E-state index contributed by atoms with van der Waals surface area (Å²) < 4.78 is 10.8. The molecule has 26 heavy (non-hydrogen) atoms. The molecule has 7 heteroatoms. The highest BCUT2D eigenvalue weighted by Gasteiger charge is 2.24. The summed E-state index contributed by atoms with van der Waals surface area (Å²) in [6.07, 6.45) is 4.55. The van der Waals surface area contributed by atoms with Crippen LogP contribution in [0.15, 0.2) is 21.1 Å². The minimum Gasteiger partial charge on any atom is -0.443 e. The lowest BCUT2D eigenvalue weighted by molar-refractivity contribution is 0.0748. The highest BCUT2D eigenvalue weighted by molar-refractivity contribution is 5.91. The molecule has 7 nitrogen and oxygen atoms in total. The Hall–Kier alpha value is -2.59. The van der Waals surface area contributed by atoms with Crippen LogP contribution >= 0.6 is 0 Å². The molecule has 0 atom stereocenters. The first-order valence-electron chi connectivity index (χ1n) is 8.75. The summed E-state index contributed by atoms with van der Waals surface area (Å²) >= 11 is 0. The van der Waals surface area contributed by atoms with Gasteiger partial charge in [0.25, 0.3) is 5.91 Å². The summed E-state index contributed by atoms with van der Waals surface area (Å²) in [6.45, 7) is 3.39. The van der Waals surface area contributed by atoms with Gasteiger partial charge in [0, 0.05) is 13.0 Å². The van der Waals surface area contributed by atoms with Gasteiger partial charge in [0.2, 0.25) is 5.89 Å². The van der Waals surface area contributed by atoms with Crippen LogP contribution in [0, 0.1) is 11.8 Å². The fourth-order valence-electron chi connectivity index (χ4n) is 2.88. The van der Waals surface area contributed by atoms with Crippen LogP contribution in [0.4, 0.5) is 0 Å². The maximum atomic E-state index is 12.5. The van der Waals surface area contributed by atoms with E-state index in [0.717, 1.165) is 12.8 Å². The minimum atomic E-state index is -1.12. The molecule has 0 radical (unpaired) electrons. The van der Waals surface area contributed by atoms with Gasteiger partial charge in [-0.2, -0.15) is 4.98 Å². The van der Waals surface area contributed by atoms with E-state index in [4.69, 9.17) is 8.94 Å². The average molecular weight is 357 g/mol. The van der Waals surface area contributed by atoms with Crippen molar-refractivity contribution in [3.05, 3.63) is 35.4 Å². The molecule has 2 aromatic rings. The van der Waals surface area contributed by atoms with Crippen LogP contribution in [0.25, 0.3) is 0 Å². The molecule has 0 aliphatic heterocycles. The number of rotatable bonds is 4. The number of furan rings is 1. The minimum absolute atomic E-state index is 0.173. The van der Waals surface area contributed by atoms with E-state index in [1.54, 1.807) is 33.0 Å². The van der Waals surface area contributed by atoms with Crippen molar-refractivity contribution < 1.29 is 18.8 Å². The van der Waals surface area contributed by atoms with E-state index < -0.39 is 5.60 Å². The first-order chi connectivity index (χ1) is 12.3. The molecule has 1 saturated carbocycles. The Balaban J connectivity index is 1.62. The van der Waals surface area contributed by atoms with Crippen molar-refractivity contribution in [3.8, 4) is 11.8 Å². The predicted molar refractivity (Wildman–Crippen MR) is 93.2 cm³/mol. The van der Waals surface area contributed by atoms with Crippen LogP contribution in [-0.4, -0.2) is 38.7 Å². The van der Waals surface area contributed by atoms with Crippen molar-refractivity contribution in [1.82, 2.24) is 15.0 Å². The summed E-state index contributed by atoms with van der Waals surface area (Å²) in [4.78, 5) is 18.4. The molecule has 0 bridgehead atoms. The van der Waals surface area contributed by atoms with E-state index in [1.165, 1.54) is 17.7 Å². The third kappa shape index (κ3) is 4.52. The third-order valence-corrected chi connectivity index (χ3v) is 4.22. The number of carbonyl (C=O) groups is 1. The van der Waals surface area contributed by atoms with Crippen molar-refractivity contribution in [2.24, 2.45) is 0 Å². The summed E-state index contributed by atoms with van der Waals surface area (Å²) in [5, 5.41) is 13.6. The Kier molecular flexibility index (Phi) is 5.14. The zero-order valence-corrected chi connectivity index (χ0v) is 15.3. The van der Waals surface area contributed by atoms with Gasteiger partial charge in [-0.05, 0) is 44.7 Å². The second-order valence-electron chi connectivity index (χ2n) is 7.16. The number of aromatic nitrogens is 2. The fourth-order valence-corrected chi connectivity index (χ4v) is 2.88. The number of hydrogen-bond donors (Lipinski definition) is 1. The normalized spacial score (nSPS) is 14.9. The quantitative estimate of drug-likeness (QED) is 0.846. The van der Waals surface area contributed by atoms with Gasteiger partial charge >= 0.3 is 0 Å². The molecule has 1 aliphatic carbocycles. The van der Waals surface area contributed by atoms with Crippen LogP contribution < -0.4 is 0 Å². The lowest BCUT2D eigenvalue weighted by Gasteiger charge is -2.12. The van der Waals surface area contributed by atoms with Crippen LogP contribution in [0.2, 0.25) is 0 Å². The Morgan fingerprint density at radius 2 is 2.12 bits per heavy atom. The molecule has 138 valence electrons. The topological polar surface area (TPSA) is 92.6 Å². The van der Waals surface area contributed by atoms with Crippen LogP contribution in [0.1, 0.15) is 73.5 Å². The smallest absolute Gasteiger partial charge is 0.289 e. The molecule has 2 heterocycles. The van der Waals surface area contributed by atoms with Gasteiger partial charge in [-0.3, -0.25) is 4.79 Å². The predicted octanol–water partition coefficient (Wildman–Crippen LogP) is 2.71. The van der Waals surface area contributed by atoms with E-state index in [2.05, 4.69) is 22.0 Å². The first kappa shape index (κ1) is 18.2. The second kappa shape index (κ2) is 7.34. The Morgan fingerprint density at radius 3 is 2.81 bits per heavy atom. The highest BCUT2D eigenvalue weighted by Crippen LogP contribution is 2.32. The second-order valence-corrected chi connectivity index (χ2v) is 7.16. The summed E-state index contributed by atoms with van der Waals surface area (Å²) in [5.41, 5.74) is -1.12.